The minimum Gasteiger partial charge on any atom is -0.381 e. The number of urea groups is 1. The average Bonchev–Trinajstić information content (AvgIpc) is 2.96. The predicted octanol–water partition coefficient (Wildman–Crippen LogP) is 1.57. The maximum Gasteiger partial charge on any atom is 0.315 e. The highest BCUT2D eigenvalue weighted by Crippen LogP contribution is 2.29. The van der Waals surface area contributed by atoms with Gasteiger partial charge in [0, 0.05) is 19.8 Å². The predicted molar refractivity (Wildman–Crippen MR) is 82.9 cm³/mol. The van der Waals surface area contributed by atoms with Gasteiger partial charge in [0.05, 0.1) is 12.7 Å². The van der Waals surface area contributed by atoms with Crippen molar-refractivity contribution in [2.75, 3.05) is 26.4 Å². The van der Waals surface area contributed by atoms with E-state index in [1.54, 1.807) is 6.92 Å². The van der Waals surface area contributed by atoms with Crippen molar-refractivity contribution in [1.29, 1.82) is 0 Å². The van der Waals surface area contributed by atoms with Gasteiger partial charge in [-0.15, -0.1) is 0 Å². The van der Waals surface area contributed by atoms with Gasteiger partial charge in [0.1, 0.15) is 6.04 Å². The highest BCUT2D eigenvalue weighted by atomic mass is 16.5. The normalized spacial score (nSPS) is 17.2. The maximum absolute atomic E-state index is 12.1. The number of amides is 2. The van der Waals surface area contributed by atoms with Gasteiger partial charge in [-0.25, -0.2) is 4.79 Å². The molecule has 2 heterocycles. The smallest absolute Gasteiger partial charge is 0.315 e. The maximum atomic E-state index is 12.1. The second-order valence-electron chi connectivity index (χ2n) is 5.93. The molecular weight excluding hydrogens is 300 g/mol. The first-order chi connectivity index (χ1) is 11.1. The Morgan fingerprint density at radius 2 is 2.13 bits per heavy atom. The molecule has 130 valence electrons. The second kappa shape index (κ2) is 8.83. The lowest BCUT2D eigenvalue weighted by Gasteiger charge is -2.28. The van der Waals surface area contributed by atoms with Crippen molar-refractivity contribution in [1.82, 2.24) is 20.8 Å². The van der Waals surface area contributed by atoms with Crippen LogP contribution in [0.3, 0.4) is 0 Å². The van der Waals surface area contributed by atoms with Crippen molar-refractivity contribution < 1.29 is 18.8 Å². The summed E-state index contributed by atoms with van der Waals surface area (Å²) in [7, 11) is 0. The fraction of sp³-hybridized carbons (Fsp3) is 0.800. The van der Waals surface area contributed by atoms with E-state index in [1.807, 2.05) is 13.8 Å². The molecule has 1 fully saturated rings. The SMILES string of the molecule is Cc1noc([C@@H](NC(=O)NCCOC(C)C)C2CCOCC2)n1. The lowest BCUT2D eigenvalue weighted by molar-refractivity contribution is 0.0501. The molecule has 2 rings (SSSR count). The number of aryl methyl sites for hydroxylation is 1. The van der Waals surface area contributed by atoms with E-state index < -0.39 is 0 Å². The molecule has 2 N–H and O–H groups in total. The molecule has 8 nitrogen and oxygen atoms in total. The van der Waals surface area contributed by atoms with Gasteiger partial charge in [0.2, 0.25) is 5.89 Å². The number of nitrogens with one attached hydrogen (secondary N) is 2. The van der Waals surface area contributed by atoms with Gasteiger partial charge in [0.15, 0.2) is 5.82 Å². The largest absolute Gasteiger partial charge is 0.381 e. The Labute approximate surface area is 136 Å². The molecule has 23 heavy (non-hydrogen) atoms. The lowest BCUT2D eigenvalue weighted by atomic mass is 9.91. The van der Waals surface area contributed by atoms with Crippen LogP contribution in [0.15, 0.2) is 4.52 Å². The molecule has 0 aromatic carbocycles. The first kappa shape index (κ1) is 17.7. The number of aromatic nitrogens is 2. The molecule has 8 heteroatoms. The van der Waals surface area contributed by atoms with Gasteiger partial charge in [-0.1, -0.05) is 5.16 Å². The number of rotatable bonds is 7. The monoisotopic (exact) mass is 326 g/mol. The van der Waals surface area contributed by atoms with E-state index in [4.69, 9.17) is 14.0 Å². The van der Waals surface area contributed by atoms with Crippen molar-refractivity contribution in [2.45, 2.75) is 45.8 Å². The van der Waals surface area contributed by atoms with E-state index in [-0.39, 0.29) is 24.1 Å². The van der Waals surface area contributed by atoms with Crippen molar-refractivity contribution in [2.24, 2.45) is 5.92 Å². The zero-order valence-electron chi connectivity index (χ0n) is 14.0. The van der Waals surface area contributed by atoms with Crippen LogP contribution in [0.2, 0.25) is 0 Å². The molecule has 1 atom stereocenters. The molecule has 0 saturated carbocycles. The van der Waals surface area contributed by atoms with E-state index in [0.29, 0.717) is 38.1 Å². The molecule has 0 spiro atoms. The minimum atomic E-state index is -0.300. The van der Waals surface area contributed by atoms with Crippen molar-refractivity contribution >= 4 is 6.03 Å². The quantitative estimate of drug-likeness (QED) is 0.738. The Kier molecular flexibility index (Phi) is 6.79. The average molecular weight is 326 g/mol. The van der Waals surface area contributed by atoms with Crippen LogP contribution in [-0.2, 0) is 9.47 Å². The van der Waals surface area contributed by atoms with E-state index >= 15 is 0 Å². The Morgan fingerprint density at radius 1 is 1.39 bits per heavy atom. The van der Waals surface area contributed by atoms with Crippen LogP contribution in [0.4, 0.5) is 4.79 Å². The number of hydrogen-bond donors (Lipinski definition) is 2. The van der Waals surface area contributed by atoms with E-state index in [0.717, 1.165) is 12.8 Å². The third-order valence-electron chi connectivity index (χ3n) is 3.67. The molecule has 1 aromatic rings. The minimum absolute atomic E-state index is 0.149. The van der Waals surface area contributed by atoms with Crippen LogP contribution >= 0.6 is 0 Å². The topological polar surface area (TPSA) is 98.5 Å². The van der Waals surface area contributed by atoms with Crippen LogP contribution in [0.1, 0.15) is 44.4 Å². The number of carbonyl (C=O) groups is 1. The van der Waals surface area contributed by atoms with E-state index in [1.165, 1.54) is 0 Å². The van der Waals surface area contributed by atoms with Gasteiger partial charge in [-0.05, 0) is 39.5 Å². The summed E-state index contributed by atoms with van der Waals surface area (Å²) in [6.07, 6.45) is 1.85. The van der Waals surface area contributed by atoms with Gasteiger partial charge in [-0.3, -0.25) is 0 Å². The summed E-state index contributed by atoms with van der Waals surface area (Å²) in [5.41, 5.74) is 0. The van der Waals surface area contributed by atoms with Gasteiger partial charge in [-0.2, -0.15) is 4.98 Å². The highest BCUT2D eigenvalue weighted by molar-refractivity contribution is 5.74. The third kappa shape index (κ3) is 5.80. The molecule has 0 bridgehead atoms. The second-order valence-corrected chi connectivity index (χ2v) is 5.93. The lowest BCUT2D eigenvalue weighted by Crippen LogP contribution is -2.43. The number of hydrogen-bond acceptors (Lipinski definition) is 6. The summed E-state index contributed by atoms with van der Waals surface area (Å²) < 4.78 is 16.1. The Balaban J connectivity index is 1.90. The van der Waals surface area contributed by atoms with Gasteiger partial charge in [0.25, 0.3) is 0 Å². The molecule has 0 aliphatic carbocycles. The van der Waals surface area contributed by atoms with Crippen LogP contribution in [0, 0.1) is 12.8 Å². The molecule has 0 unspecified atom stereocenters. The Bertz CT molecular complexity index is 486. The molecule has 0 radical (unpaired) electrons. The van der Waals surface area contributed by atoms with Crippen LogP contribution in [0.5, 0.6) is 0 Å². The van der Waals surface area contributed by atoms with Crippen LogP contribution in [0.25, 0.3) is 0 Å². The molecule has 1 aliphatic heterocycles. The number of ether oxygens (including phenoxy) is 2. The highest BCUT2D eigenvalue weighted by Gasteiger charge is 2.31. The first-order valence-electron chi connectivity index (χ1n) is 8.10. The molecule has 1 aliphatic rings. The first-order valence-corrected chi connectivity index (χ1v) is 8.10. The summed E-state index contributed by atoms with van der Waals surface area (Å²) in [5, 5.41) is 9.56. The summed E-state index contributed by atoms with van der Waals surface area (Å²) in [6, 6.07) is -0.559. The Hall–Kier alpha value is -1.67. The van der Waals surface area contributed by atoms with E-state index in [9.17, 15) is 4.79 Å². The Morgan fingerprint density at radius 3 is 2.74 bits per heavy atom. The standard InChI is InChI=1S/C15H26N4O4/c1-10(2)22-9-6-16-15(20)18-13(12-4-7-21-8-5-12)14-17-11(3)19-23-14/h10,12-13H,4-9H2,1-3H3,(H2,16,18,20)/t13-/m0/s1. The third-order valence-corrected chi connectivity index (χ3v) is 3.67. The van der Waals surface area contributed by atoms with Crippen molar-refractivity contribution in [3.63, 3.8) is 0 Å². The molecular formula is C15H26N4O4. The zero-order chi connectivity index (χ0) is 16.7. The van der Waals surface area contributed by atoms with Crippen molar-refractivity contribution in [3.8, 4) is 0 Å². The summed E-state index contributed by atoms with van der Waals surface area (Å²) in [5.74, 6) is 1.23. The summed E-state index contributed by atoms with van der Waals surface area (Å²) in [4.78, 5) is 16.4. The number of nitrogens with zero attached hydrogens (tertiary/aromatic N) is 2. The van der Waals surface area contributed by atoms with Crippen molar-refractivity contribution in [3.05, 3.63) is 11.7 Å². The number of carbonyl (C=O) groups excluding carboxylic acids is 1. The fourth-order valence-corrected chi connectivity index (χ4v) is 2.52. The van der Waals surface area contributed by atoms with Crippen LogP contribution in [-0.4, -0.2) is 48.6 Å². The summed E-state index contributed by atoms with van der Waals surface area (Å²) in [6.45, 7) is 7.97. The van der Waals surface area contributed by atoms with E-state index in [2.05, 4.69) is 20.8 Å². The molecule has 1 saturated heterocycles. The zero-order valence-corrected chi connectivity index (χ0v) is 14.0. The van der Waals surface area contributed by atoms with Gasteiger partial charge < -0.3 is 24.6 Å². The summed E-state index contributed by atoms with van der Waals surface area (Å²) >= 11 is 0. The molecule has 2 amide bonds. The van der Waals surface area contributed by atoms with Crippen LogP contribution < -0.4 is 10.6 Å². The van der Waals surface area contributed by atoms with Gasteiger partial charge >= 0.3 is 6.03 Å². The fourth-order valence-electron chi connectivity index (χ4n) is 2.52. The molecule has 1 aromatic heterocycles.